The number of aromatic amines is 1. The van der Waals surface area contributed by atoms with Crippen LogP contribution in [-0.4, -0.2) is 43.8 Å². The molecule has 1 N–H and O–H groups in total. The van der Waals surface area contributed by atoms with E-state index in [0.29, 0.717) is 4.88 Å². The Morgan fingerprint density at radius 3 is 2.33 bits per heavy atom. The number of para-hydroxylation sites is 4. The first-order valence-electron chi connectivity index (χ1n) is 13.5. The Morgan fingerprint density at radius 2 is 1.57 bits per heavy atom. The normalized spacial score (nSPS) is 14.7. The van der Waals surface area contributed by atoms with Crippen molar-refractivity contribution in [3.8, 4) is 22.5 Å². The average Bonchev–Trinajstić information content (AvgIpc) is 3.61. The number of H-pyrrole nitrogens is 1. The fraction of sp³-hybridized carbons (Fsp3) is 0.188. The molecule has 1 saturated heterocycles. The lowest BCUT2D eigenvalue weighted by Crippen LogP contribution is -2.36. The number of likely N-dealkylation sites (tertiary alicyclic amines) is 1. The lowest BCUT2D eigenvalue weighted by atomic mass is 10.0. The fourth-order valence-electron chi connectivity index (χ4n) is 5.80. The third-order valence-electron chi connectivity index (χ3n) is 7.81. The third kappa shape index (κ3) is 4.45. The topological polar surface area (TPSA) is 83.9 Å². The van der Waals surface area contributed by atoms with Gasteiger partial charge in [0.05, 0.1) is 38.3 Å². The second kappa shape index (κ2) is 10.3. The second-order valence-corrected chi connectivity index (χ2v) is 11.2. The van der Waals surface area contributed by atoms with E-state index in [0.717, 1.165) is 83.3 Å². The Hall–Kier alpha value is -4.40. The summed E-state index contributed by atoms with van der Waals surface area (Å²) < 4.78 is 1.94. The predicted molar refractivity (Wildman–Crippen MR) is 160 cm³/mol. The minimum absolute atomic E-state index is 0.0193. The van der Waals surface area contributed by atoms with Crippen LogP contribution >= 0.6 is 11.3 Å². The van der Waals surface area contributed by atoms with Gasteiger partial charge < -0.3 is 4.98 Å². The molecule has 1 fully saturated rings. The van der Waals surface area contributed by atoms with Crippen LogP contribution in [0.25, 0.3) is 44.6 Å². The molecule has 4 heterocycles. The number of hydrogen-bond acceptors (Lipinski definition) is 6. The van der Waals surface area contributed by atoms with Crippen molar-refractivity contribution >= 4 is 39.7 Å². The molecule has 3 aromatic carbocycles. The van der Waals surface area contributed by atoms with Gasteiger partial charge in [0.1, 0.15) is 0 Å². The molecule has 0 saturated carbocycles. The summed E-state index contributed by atoms with van der Waals surface area (Å²) in [5, 5.41) is 1.92. The van der Waals surface area contributed by atoms with E-state index in [1.54, 1.807) is 0 Å². The lowest BCUT2D eigenvalue weighted by molar-refractivity contribution is 0.112. The zero-order valence-corrected chi connectivity index (χ0v) is 22.6. The maximum atomic E-state index is 12.6. The standard InChI is InChI=1S/C32H27N5O2S/c38-20-29-24(15-18-40-29)31-30(33-25-5-1-2-6-26(25)34-31)22-11-9-21(10-12-22)19-36-16-13-23(14-17-36)37-28-8-4-3-7-27(28)35-32(37)39/h1-12,15,18,20,23H,13-14,16-17,19H2,(H,35,39). The minimum Gasteiger partial charge on any atom is -0.306 e. The van der Waals surface area contributed by atoms with E-state index >= 15 is 0 Å². The summed E-state index contributed by atoms with van der Waals surface area (Å²) in [5.41, 5.74) is 8.01. The molecule has 0 unspecified atom stereocenters. The number of fused-ring (bicyclic) bond motifs is 2. The van der Waals surface area contributed by atoms with Crippen molar-refractivity contribution in [1.29, 1.82) is 0 Å². The molecule has 8 heteroatoms. The average molecular weight is 546 g/mol. The third-order valence-corrected chi connectivity index (χ3v) is 8.65. The molecule has 0 amide bonds. The number of carbonyl (C=O) groups is 1. The summed E-state index contributed by atoms with van der Waals surface area (Å²) in [6.45, 7) is 2.72. The van der Waals surface area contributed by atoms with Gasteiger partial charge >= 0.3 is 5.69 Å². The van der Waals surface area contributed by atoms with Gasteiger partial charge in [0.2, 0.25) is 0 Å². The van der Waals surface area contributed by atoms with Crippen molar-refractivity contribution in [3.05, 3.63) is 105 Å². The van der Waals surface area contributed by atoms with Crippen molar-refractivity contribution in [2.75, 3.05) is 13.1 Å². The zero-order valence-electron chi connectivity index (χ0n) is 21.8. The monoisotopic (exact) mass is 545 g/mol. The number of rotatable bonds is 6. The van der Waals surface area contributed by atoms with Crippen LogP contribution in [0.2, 0.25) is 0 Å². The number of thiophene rings is 1. The van der Waals surface area contributed by atoms with Gasteiger partial charge in [0, 0.05) is 36.8 Å². The van der Waals surface area contributed by atoms with Crippen LogP contribution < -0.4 is 5.69 Å². The van der Waals surface area contributed by atoms with E-state index < -0.39 is 0 Å². The number of aldehydes is 1. The van der Waals surface area contributed by atoms with Gasteiger partial charge in [-0.25, -0.2) is 14.8 Å². The number of piperidine rings is 1. The van der Waals surface area contributed by atoms with Gasteiger partial charge in [-0.3, -0.25) is 14.3 Å². The van der Waals surface area contributed by atoms with Crippen LogP contribution in [0.4, 0.5) is 0 Å². The van der Waals surface area contributed by atoms with E-state index in [1.165, 1.54) is 16.9 Å². The molecule has 7 nitrogen and oxygen atoms in total. The van der Waals surface area contributed by atoms with E-state index in [2.05, 4.69) is 34.1 Å². The van der Waals surface area contributed by atoms with Crippen molar-refractivity contribution in [1.82, 2.24) is 24.4 Å². The molecule has 1 aliphatic heterocycles. The maximum Gasteiger partial charge on any atom is 0.326 e. The minimum atomic E-state index is -0.0193. The SMILES string of the molecule is O=Cc1sccc1-c1nc2ccccc2nc1-c1ccc(CN2CCC(n3c(=O)[nH]c4ccccc43)CC2)cc1. The van der Waals surface area contributed by atoms with Gasteiger partial charge in [0.15, 0.2) is 6.29 Å². The molecule has 198 valence electrons. The largest absolute Gasteiger partial charge is 0.326 e. The summed E-state index contributed by atoms with van der Waals surface area (Å²) in [4.78, 5) is 40.3. The number of nitrogens with one attached hydrogen (secondary N) is 1. The van der Waals surface area contributed by atoms with Crippen LogP contribution in [-0.2, 0) is 6.54 Å². The Morgan fingerprint density at radius 1 is 0.875 bits per heavy atom. The van der Waals surface area contributed by atoms with Gasteiger partial charge in [-0.2, -0.15) is 0 Å². The molecule has 0 radical (unpaired) electrons. The van der Waals surface area contributed by atoms with Gasteiger partial charge in [-0.15, -0.1) is 11.3 Å². The van der Waals surface area contributed by atoms with E-state index in [1.807, 2.05) is 64.5 Å². The first kappa shape index (κ1) is 24.6. The van der Waals surface area contributed by atoms with Crippen LogP contribution in [0.1, 0.15) is 34.1 Å². The van der Waals surface area contributed by atoms with Crippen LogP contribution in [0.15, 0.2) is 89.0 Å². The van der Waals surface area contributed by atoms with E-state index in [4.69, 9.17) is 9.97 Å². The van der Waals surface area contributed by atoms with Crippen molar-refractivity contribution < 1.29 is 4.79 Å². The molecule has 7 rings (SSSR count). The smallest absolute Gasteiger partial charge is 0.306 e. The van der Waals surface area contributed by atoms with Crippen LogP contribution in [0.5, 0.6) is 0 Å². The molecular formula is C32H27N5O2S. The summed E-state index contributed by atoms with van der Waals surface area (Å²) in [7, 11) is 0. The maximum absolute atomic E-state index is 12.6. The Bertz CT molecular complexity index is 1890. The number of carbonyl (C=O) groups excluding carboxylic acids is 1. The highest BCUT2D eigenvalue weighted by atomic mass is 32.1. The molecule has 0 aliphatic carbocycles. The zero-order chi connectivity index (χ0) is 27.1. The molecule has 0 spiro atoms. The number of nitrogens with zero attached hydrogens (tertiary/aromatic N) is 4. The summed E-state index contributed by atoms with van der Waals surface area (Å²) in [6, 6.07) is 26.4. The second-order valence-electron chi connectivity index (χ2n) is 10.2. The molecule has 6 aromatic rings. The molecule has 1 aliphatic rings. The molecule has 0 atom stereocenters. The highest BCUT2D eigenvalue weighted by molar-refractivity contribution is 7.12. The van der Waals surface area contributed by atoms with Gasteiger partial charge in [0.25, 0.3) is 0 Å². The Labute approximate surface area is 234 Å². The number of aromatic nitrogens is 4. The first-order valence-corrected chi connectivity index (χ1v) is 14.4. The number of hydrogen-bond donors (Lipinski definition) is 1. The number of benzene rings is 3. The van der Waals surface area contributed by atoms with E-state index in [9.17, 15) is 9.59 Å². The van der Waals surface area contributed by atoms with Crippen LogP contribution in [0, 0.1) is 0 Å². The Kier molecular flexibility index (Phi) is 6.34. The van der Waals surface area contributed by atoms with Gasteiger partial charge in [-0.1, -0.05) is 48.5 Å². The van der Waals surface area contributed by atoms with E-state index in [-0.39, 0.29) is 11.7 Å². The Balaban J connectivity index is 1.11. The molecular weight excluding hydrogens is 518 g/mol. The fourth-order valence-corrected chi connectivity index (χ4v) is 6.49. The predicted octanol–water partition coefficient (Wildman–Crippen LogP) is 6.32. The van der Waals surface area contributed by atoms with Crippen molar-refractivity contribution in [2.24, 2.45) is 0 Å². The van der Waals surface area contributed by atoms with Crippen LogP contribution in [0.3, 0.4) is 0 Å². The van der Waals surface area contributed by atoms with Gasteiger partial charge in [-0.05, 0) is 54.1 Å². The quantitative estimate of drug-likeness (QED) is 0.248. The highest BCUT2D eigenvalue weighted by Gasteiger charge is 2.24. The van der Waals surface area contributed by atoms with Crippen molar-refractivity contribution in [2.45, 2.75) is 25.4 Å². The lowest BCUT2D eigenvalue weighted by Gasteiger charge is -2.32. The molecule has 0 bridgehead atoms. The number of imidazole rings is 1. The summed E-state index contributed by atoms with van der Waals surface area (Å²) in [5.74, 6) is 0. The molecule has 3 aromatic heterocycles. The summed E-state index contributed by atoms with van der Waals surface area (Å²) in [6.07, 6.45) is 2.77. The summed E-state index contributed by atoms with van der Waals surface area (Å²) >= 11 is 1.41. The van der Waals surface area contributed by atoms with Crippen molar-refractivity contribution in [3.63, 3.8) is 0 Å². The highest BCUT2D eigenvalue weighted by Crippen LogP contribution is 2.35. The molecule has 40 heavy (non-hydrogen) atoms. The first-order chi connectivity index (χ1) is 19.7.